The van der Waals surface area contributed by atoms with Crippen molar-refractivity contribution in [1.82, 2.24) is 0 Å². The first kappa shape index (κ1) is 14.1. The predicted molar refractivity (Wildman–Crippen MR) is 68.9 cm³/mol. The average Bonchev–Trinajstić information content (AvgIpc) is 2.42. The number of esters is 1. The van der Waals surface area contributed by atoms with Gasteiger partial charge in [0.05, 0.1) is 13.7 Å². The normalized spacial score (nSPS) is 9.61. The highest BCUT2D eigenvalue weighted by atomic mass is 16.5. The fourth-order valence-electron chi connectivity index (χ4n) is 1.30. The Morgan fingerprint density at radius 1 is 1.28 bits per heavy atom. The maximum absolute atomic E-state index is 11.2. The molecule has 0 radical (unpaired) electrons. The van der Waals surface area contributed by atoms with E-state index < -0.39 is 0 Å². The number of carbonyl (C=O) groups is 1. The van der Waals surface area contributed by atoms with Gasteiger partial charge in [-0.3, -0.25) is 4.79 Å². The lowest BCUT2D eigenvalue weighted by atomic mass is 10.3. The molecule has 0 amide bonds. The maximum atomic E-state index is 11.2. The van der Waals surface area contributed by atoms with Gasteiger partial charge in [0.1, 0.15) is 18.1 Å². The zero-order chi connectivity index (χ0) is 13.2. The van der Waals surface area contributed by atoms with Crippen LogP contribution in [-0.2, 0) is 9.53 Å². The number of hydrogen-bond donors (Lipinski definition) is 0. The summed E-state index contributed by atoms with van der Waals surface area (Å²) in [6.45, 7) is 4.21. The van der Waals surface area contributed by atoms with Gasteiger partial charge < -0.3 is 14.2 Å². The molecule has 0 aromatic heterocycles. The zero-order valence-electron chi connectivity index (χ0n) is 10.6. The van der Waals surface area contributed by atoms with Gasteiger partial charge in [-0.25, -0.2) is 0 Å². The van der Waals surface area contributed by atoms with Gasteiger partial charge >= 0.3 is 5.97 Å². The Balaban J connectivity index is 2.17. The van der Waals surface area contributed by atoms with Crippen molar-refractivity contribution in [2.24, 2.45) is 0 Å². The van der Waals surface area contributed by atoms with Gasteiger partial charge in [-0.15, -0.1) is 0 Å². The van der Waals surface area contributed by atoms with Crippen LogP contribution in [0.25, 0.3) is 0 Å². The van der Waals surface area contributed by atoms with Crippen LogP contribution in [0.3, 0.4) is 0 Å². The van der Waals surface area contributed by atoms with Crippen LogP contribution in [0.15, 0.2) is 36.9 Å². The van der Waals surface area contributed by atoms with Gasteiger partial charge in [-0.2, -0.15) is 0 Å². The Morgan fingerprint density at radius 3 is 2.56 bits per heavy atom. The largest absolute Gasteiger partial charge is 0.497 e. The van der Waals surface area contributed by atoms with Gasteiger partial charge in [0.2, 0.25) is 0 Å². The molecule has 1 rings (SSSR count). The number of carbonyl (C=O) groups excluding carboxylic acids is 1. The van der Waals surface area contributed by atoms with E-state index >= 15 is 0 Å². The second kappa shape index (κ2) is 8.17. The summed E-state index contributed by atoms with van der Waals surface area (Å²) in [5.41, 5.74) is 0. The quantitative estimate of drug-likeness (QED) is 0.404. The van der Waals surface area contributed by atoms with Crippen molar-refractivity contribution in [1.29, 1.82) is 0 Å². The average molecular weight is 250 g/mol. The van der Waals surface area contributed by atoms with E-state index in [2.05, 4.69) is 6.58 Å². The summed E-state index contributed by atoms with van der Waals surface area (Å²) in [5, 5.41) is 0. The summed E-state index contributed by atoms with van der Waals surface area (Å²) in [5.74, 6) is 1.32. The van der Waals surface area contributed by atoms with Crippen LogP contribution in [0.1, 0.15) is 12.8 Å². The first-order chi connectivity index (χ1) is 8.76. The molecular formula is C14H18O4. The first-order valence-electron chi connectivity index (χ1n) is 5.79. The van der Waals surface area contributed by atoms with Crippen LogP contribution in [-0.4, -0.2) is 26.3 Å². The van der Waals surface area contributed by atoms with Crippen LogP contribution in [0, 0.1) is 0 Å². The molecule has 98 valence electrons. The van der Waals surface area contributed by atoms with Gasteiger partial charge in [-0.05, 0) is 30.7 Å². The van der Waals surface area contributed by atoms with Crippen LogP contribution in [0.5, 0.6) is 11.5 Å². The van der Waals surface area contributed by atoms with Crippen molar-refractivity contribution < 1.29 is 19.0 Å². The topological polar surface area (TPSA) is 44.8 Å². The number of hydrogen-bond acceptors (Lipinski definition) is 4. The van der Waals surface area contributed by atoms with Crippen molar-refractivity contribution in [2.45, 2.75) is 12.8 Å². The highest BCUT2D eigenvalue weighted by molar-refractivity contribution is 5.69. The Kier molecular flexibility index (Phi) is 6.40. The fourth-order valence-corrected chi connectivity index (χ4v) is 1.30. The van der Waals surface area contributed by atoms with Gasteiger partial charge in [0, 0.05) is 6.42 Å². The summed E-state index contributed by atoms with van der Waals surface area (Å²) in [6.07, 6.45) is 2.53. The van der Waals surface area contributed by atoms with Gasteiger partial charge in [0.25, 0.3) is 0 Å². The van der Waals surface area contributed by atoms with Crippen LogP contribution < -0.4 is 9.47 Å². The van der Waals surface area contributed by atoms with E-state index in [1.807, 2.05) is 24.3 Å². The van der Waals surface area contributed by atoms with E-state index in [4.69, 9.17) is 14.2 Å². The molecule has 0 heterocycles. The number of methoxy groups -OCH3 is 1. The van der Waals surface area contributed by atoms with Crippen molar-refractivity contribution in [3.05, 3.63) is 36.9 Å². The van der Waals surface area contributed by atoms with E-state index in [9.17, 15) is 4.79 Å². The molecule has 0 saturated heterocycles. The molecule has 0 fully saturated rings. The Hall–Kier alpha value is -1.97. The summed E-state index contributed by atoms with van der Waals surface area (Å²) >= 11 is 0. The van der Waals surface area contributed by atoms with E-state index in [1.54, 1.807) is 13.2 Å². The molecule has 0 N–H and O–H groups in total. The highest BCUT2D eigenvalue weighted by Gasteiger charge is 2.01. The third-order valence-corrected chi connectivity index (χ3v) is 2.22. The Morgan fingerprint density at radius 2 is 1.94 bits per heavy atom. The third kappa shape index (κ3) is 5.39. The number of rotatable bonds is 8. The second-order valence-corrected chi connectivity index (χ2v) is 3.60. The third-order valence-electron chi connectivity index (χ3n) is 2.22. The molecule has 4 heteroatoms. The molecule has 18 heavy (non-hydrogen) atoms. The molecule has 0 aliphatic heterocycles. The fraction of sp³-hybridized carbons (Fsp3) is 0.357. The molecule has 0 atom stereocenters. The molecular weight excluding hydrogens is 232 g/mol. The second-order valence-electron chi connectivity index (χ2n) is 3.60. The van der Waals surface area contributed by atoms with E-state index in [0.717, 1.165) is 11.5 Å². The minimum atomic E-state index is -0.228. The first-order valence-corrected chi connectivity index (χ1v) is 5.79. The van der Waals surface area contributed by atoms with E-state index in [-0.39, 0.29) is 12.6 Å². The standard InChI is InChI=1S/C14H18O4/c1-3-10-18-14(15)5-4-11-17-13-8-6-12(16-2)7-9-13/h3,6-9H,1,4-5,10-11H2,2H3. The zero-order valence-corrected chi connectivity index (χ0v) is 10.6. The minimum absolute atomic E-state index is 0.228. The SMILES string of the molecule is C=CCOC(=O)CCCOc1ccc(OC)cc1. The van der Waals surface area contributed by atoms with Crippen molar-refractivity contribution in [3.63, 3.8) is 0 Å². The predicted octanol–water partition coefficient (Wildman–Crippen LogP) is 2.58. The van der Waals surface area contributed by atoms with Crippen molar-refractivity contribution in [3.8, 4) is 11.5 Å². The Labute approximate surface area is 107 Å². The molecule has 0 bridgehead atoms. The van der Waals surface area contributed by atoms with Gasteiger partial charge in [-0.1, -0.05) is 12.7 Å². The summed E-state index contributed by atoms with van der Waals surface area (Å²) < 4.78 is 15.4. The molecule has 0 aliphatic carbocycles. The molecule has 0 unspecified atom stereocenters. The van der Waals surface area contributed by atoms with Gasteiger partial charge in [0.15, 0.2) is 0 Å². The minimum Gasteiger partial charge on any atom is -0.497 e. The van der Waals surface area contributed by atoms with Crippen LogP contribution in [0.2, 0.25) is 0 Å². The summed E-state index contributed by atoms with van der Waals surface area (Å²) in [6, 6.07) is 7.31. The number of benzene rings is 1. The molecule has 1 aromatic rings. The monoisotopic (exact) mass is 250 g/mol. The van der Waals surface area contributed by atoms with E-state index in [0.29, 0.717) is 19.4 Å². The molecule has 0 saturated carbocycles. The lowest BCUT2D eigenvalue weighted by Gasteiger charge is -2.06. The molecule has 0 spiro atoms. The van der Waals surface area contributed by atoms with Crippen LogP contribution >= 0.6 is 0 Å². The summed E-state index contributed by atoms with van der Waals surface area (Å²) in [7, 11) is 1.62. The molecule has 1 aromatic carbocycles. The smallest absolute Gasteiger partial charge is 0.306 e. The maximum Gasteiger partial charge on any atom is 0.306 e. The lowest BCUT2D eigenvalue weighted by molar-refractivity contribution is -0.142. The number of ether oxygens (including phenoxy) is 3. The van der Waals surface area contributed by atoms with Crippen molar-refractivity contribution >= 4 is 5.97 Å². The molecule has 0 aliphatic rings. The van der Waals surface area contributed by atoms with Crippen LogP contribution in [0.4, 0.5) is 0 Å². The van der Waals surface area contributed by atoms with Crippen molar-refractivity contribution in [2.75, 3.05) is 20.3 Å². The summed E-state index contributed by atoms with van der Waals surface area (Å²) in [4.78, 5) is 11.2. The molecule has 4 nitrogen and oxygen atoms in total. The van der Waals surface area contributed by atoms with E-state index in [1.165, 1.54) is 0 Å². The lowest BCUT2D eigenvalue weighted by Crippen LogP contribution is -2.07. The highest BCUT2D eigenvalue weighted by Crippen LogP contribution is 2.17. The Bertz CT molecular complexity index is 370.